The quantitative estimate of drug-likeness (QED) is 0.359. The van der Waals surface area contributed by atoms with E-state index in [2.05, 4.69) is 9.97 Å². The number of alkyl halides is 2. The number of rotatable bonds is 6. The Morgan fingerprint density at radius 3 is 2.43 bits per heavy atom. The minimum Gasteiger partial charge on any atom is -0.296 e. The molecule has 11 heteroatoms. The molecule has 42 heavy (non-hydrogen) atoms. The average Bonchev–Trinajstić information content (AvgIpc) is 3.54. The Kier molecular flexibility index (Phi) is 7.06. The van der Waals surface area contributed by atoms with Crippen LogP contribution in [0.4, 0.5) is 29.1 Å². The summed E-state index contributed by atoms with van der Waals surface area (Å²) in [6.07, 6.45) is 2.98. The first kappa shape index (κ1) is 28.0. The van der Waals surface area contributed by atoms with Crippen molar-refractivity contribution in [2.24, 2.45) is 5.92 Å². The lowest BCUT2D eigenvalue weighted by Crippen LogP contribution is -2.60. The molecule has 2 aliphatic carbocycles. The Morgan fingerprint density at radius 1 is 0.929 bits per heavy atom. The second-order valence-corrected chi connectivity index (χ2v) is 11.2. The topological polar surface area (TPSA) is 83.5 Å². The molecule has 2 aromatic heterocycles. The first-order valence-electron chi connectivity index (χ1n) is 14.0. The van der Waals surface area contributed by atoms with Gasteiger partial charge in [0.1, 0.15) is 29.0 Å². The molecule has 218 valence electrons. The van der Waals surface area contributed by atoms with Gasteiger partial charge in [0.05, 0.1) is 18.1 Å². The number of Topliss-reactive ketones (excluding diaryl/α,β-unsaturated/α-hetero) is 1. The molecule has 3 heterocycles. The molecule has 1 aliphatic heterocycles. The molecular formula is C31H28F4N4O3. The zero-order valence-corrected chi connectivity index (χ0v) is 22.6. The van der Waals surface area contributed by atoms with Crippen molar-refractivity contribution in [3.8, 4) is 0 Å². The van der Waals surface area contributed by atoms with E-state index in [-0.39, 0.29) is 43.6 Å². The average molecular weight is 581 g/mol. The second-order valence-electron chi connectivity index (χ2n) is 11.2. The van der Waals surface area contributed by atoms with Crippen molar-refractivity contribution in [1.82, 2.24) is 9.97 Å². The van der Waals surface area contributed by atoms with Crippen LogP contribution in [-0.2, 0) is 26.3 Å². The van der Waals surface area contributed by atoms with Crippen LogP contribution in [-0.4, -0.2) is 39.5 Å². The lowest BCUT2D eigenvalue weighted by atomic mass is 9.73. The van der Waals surface area contributed by atoms with Crippen LogP contribution in [0, 0.1) is 17.6 Å². The SMILES string of the molecule is O=C1CC[C@@H](C(=O)N(c2cncc(F)c2)C2(C(=O)C3CCC(F)(F)CC3)CCc3ccccc32)N1c1cc(F)ccn1. The number of halogens is 4. The minimum atomic E-state index is -2.87. The highest BCUT2D eigenvalue weighted by atomic mass is 19.3. The number of hydrogen-bond acceptors (Lipinski definition) is 5. The number of aryl methyl sites for hydroxylation is 1. The molecular weight excluding hydrogens is 552 g/mol. The standard InChI is InChI=1S/C31H28F4N4O3/c32-21-10-14-37-26(16-21)38-25(5-6-27(38)40)29(42)39(23-15-22(33)17-36-18-23)31(13-9-19-3-1-2-4-24(19)31)28(41)20-7-11-30(34,35)12-8-20/h1-4,10,14-18,20,25H,5-9,11-13H2/t25-,31?/m0/s1. The normalized spacial score (nSPS) is 23.6. The molecule has 2 atom stereocenters. The van der Waals surface area contributed by atoms with Crippen molar-refractivity contribution in [2.75, 3.05) is 9.80 Å². The Labute approximate surface area is 239 Å². The number of carbonyl (C=O) groups excluding carboxylic acids is 3. The zero-order valence-electron chi connectivity index (χ0n) is 22.6. The van der Waals surface area contributed by atoms with Crippen LogP contribution in [0.2, 0.25) is 0 Å². The van der Waals surface area contributed by atoms with Crippen LogP contribution in [0.1, 0.15) is 56.1 Å². The van der Waals surface area contributed by atoms with E-state index in [9.17, 15) is 31.9 Å². The highest BCUT2D eigenvalue weighted by Crippen LogP contribution is 2.49. The first-order chi connectivity index (χ1) is 20.1. The van der Waals surface area contributed by atoms with E-state index in [0.717, 1.165) is 34.9 Å². The third-order valence-electron chi connectivity index (χ3n) is 8.72. The van der Waals surface area contributed by atoms with Crippen LogP contribution >= 0.6 is 0 Å². The van der Waals surface area contributed by atoms with Gasteiger partial charge in [0.15, 0.2) is 5.78 Å². The molecule has 0 N–H and O–H groups in total. The molecule has 7 nitrogen and oxygen atoms in total. The molecule has 6 rings (SSSR count). The van der Waals surface area contributed by atoms with Crippen LogP contribution in [0.15, 0.2) is 61.1 Å². The van der Waals surface area contributed by atoms with Gasteiger partial charge in [-0.1, -0.05) is 24.3 Å². The van der Waals surface area contributed by atoms with Crippen molar-refractivity contribution in [3.05, 3.63) is 83.8 Å². The molecule has 1 aromatic carbocycles. The number of anilines is 2. The van der Waals surface area contributed by atoms with E-state index in [1.165, 1.54) is 17.3 Å². The summed E-state index contributed by atoms with van der Waals surface area (Å²) in [6, 6.07) is 9.19. The van der Waals surface area contributed by atoms with Gasteiger partial charge in [-0.2, -0.15) is 0 Å². The van der Waals surface area contributed by atoms with E-state index in [1.807, 2.05) is 12.1 Å². The van der Waals surface area contributed by atoms with Gasteiger partial charge in [0.25, 0.3) is 5.91 Å². The number of hydrogen-bond donors (Lipinski definition) is 0. The van der Waals surface area contributed by atoms with Crippen LogP contribution < -0.4 is 9.80 Å². The van der Waals surface area contributed by atoms with Gasteiger partial charge in [-0.15, -0.1) is 0 Å². The maximum atomic E-state index is 14.8. The summed E-state index contributed by atoms with van der Waals surface area (Å²) < 4.78 is 57.1. The summed E-state index contributed by atoms with van der Waals surface area (Å²) in [4.78, 5) is 52.9. The second kappa shape index (κ2) is 10.6. The fourth-order valence-corrected chi connectivity index (χ4v) is 6.77. The maximum absolute atomic E-state index is 14.8. The number of benzene rings is 1. The monoisotopic (exact) mass is 580 g/mol. The smallest absolute Gasteiger partial charge is 0.251 e. The Balaban J connectivity index is 1.51. The molecule has 0 spiro atoms. The van der Waals surface area contributed by atoms with Gasteiger partial charge in [-0.3, -0.25) is 29.2 Å². The van der Waals surface area contributed by atoms with E-state index in [0.29, 0.717) is 12.0 Å². The molecule has 2 fully saturated rings. The van der Waals surface area contributed by atoms with Crippen molar-refractivity contribution in [1.29, 1.82) is 0 Å². The number of carbonyl (C=O) groups is 3. The third kappa shape index (κ3) is 4.74. The third-order valence-corrected chi connectivity index (χ3v) is 8.72. The fraction of sp³-hybridized carbons (Fsp3) is 0.387. The van der Waals surface area contributed by atoms with Crippen LogP contribution in [0.25, 0.3) is 0 Å². The molecule has 0 bridgehead atoms. The first-order valence-corrected chi connectivity index (χ1v) is 14.0. The van der Waals surface area contributed by atoms with Crippen molar-refractivity contribution in [2.45, 2.75) is 68.9 Å². The summed E-state index contributed by atoms with van der Waals surface area (Å²) in [5.41, 5.74) is -0.324. The zero-order chi connectivity index (χ0) is 29.6. The number of pyridine rings is 2. The van der Waals surface area contributed by atoms with Gasteiger partial charge in [0, 0.05) is 43.5 Å². The molecule has 1 saturated carbocycles. The summed E-state index contributed by atoms with van der Waals surface area (Å²) in [5.74, 6) is -6.64. The molecule has 0 radical (unpaired) electrons. The highest BCUT2D eigenvalue weighted by Gasteiger charge is 2.57. The van der Waals surface area contributed by atoms with E-state index in [1.54, 1.807) is 12.1 Å². The fourth-order valence-electron chi connectivity index (χ4n) is 6.77. The summed E-state index contributed by atoms with van der Waals surface area (Å²) in [7, 11) is 0. The molecule has 1 unspecified atom stereocenters. The van der Waals surface area contributed by atoms with Gasteiger partial charge < -0.3 is 0 Å². The Bertz CT molecular complexity index is 1560. The lowest BCUT2D eigenvalue weighted by molar-refractivity contribution is -0.136. The largest absolute Gasteiger partial charge is 0.296 e. The number of nitrogens with zero attached hydrogens (tertiary/aromatic N) is 4. The van der Waals surface area contributed by atoms with Gasteiger partial charge in [-0.05, 0) is 49.3 Å². The van der Waals surface area contributed by atoms with Crippen LogP contribution in [0.5, 0.6) is 0 Å². The number of aromatic nitrogens is 2. The summed E-state index contributed by atoms with van der Waals surface area (Å²) in [5, 5.41) is 0. The lowest BCUT2D eigenvalue weighted by Gasteiger charge is -2.45. The van der Waals surface area contributed by atoms with E-state index >= 15 is 0 Å². The Hall–Kier alpha value is -4.15. The highest BCUT2D eigenvalue weighted by molar-refractivity contribution is 6.12. The Morgan fingerprint density at radius 2 is 1.69 bits per heavy atom. The summed E-state index contributed by atoms with van der Waals surface area (Å²) >= 11 is 0. The summed E-state index contributed by atoms with van der Waals surface area (Å²) in [6.45, 7) is 0. The molecule has 1 saturated heterocycles. The maximum Gasteiger partial charge on any atom is 0.251 e. The van der Waals surface area contributed by atoms with Crippen molar-refractivity contribution >= 4 is 29.1 Å². The van der Waals surface area contributed by atoms with E-state index in [4.69, 9.17) is 0 Å². The molecule has 2 amide bonds. The number of ketones is 1. The number of fused-ring (bicyclic) bond motifs is 1. The predicted molar refractivity (Wildman–Crippen MR) is 145 cm³/mol. The molecule has 3 aromatic rings. The molecule has 3 aliphatic rings. The van der Waals surface area contributed by atoms with E-state index < -0.39 is 65.5 Å². The van der Waals surface area contributed by atoms with Gasteiger partial charge in [-0.25, -0.2) is 22.5 Å². The predicted octanol–water partition coefficient (Wildman–Crippen LogP) is 5.52. The number of amides is 2. The van der Waals surface area contributed by atoms with Gasteiger partial charge in [0.2, 0.25) is 11.8 Å². The van der Waals surface area contributed by atoms with Gasteiger partial charge >= 0.3 is 0 Å². The van der Waals surface area contributed by atoms with Crippen molar-refractivity contribution in [3.63, 3.8) is 0 Å². The minimum absolute atomic E-state index is 0.00214. The van der Waals surface area contributed by atoms with Crippen LogP contribution in [0.3, 0.4) is 0 Å². The van der Waals surface area contributed by atoms with Crippen molar-refractivity contribution < 1.29 is 31.9 Å².